The Hall–Kier alpha value is -0.643. The Morgan fingerprint density at radius 3 is 2.10 bits per heavy atom. The highest BCUT2D eigenvalue weighted by atomic mass is 28.4. The minimum absolute atomic E-state index is 0.0740. The van der Waals surface area contributed by atoms with Gasteiger partial charge >= 0.3 is 8.56 Å². The second-order valence-corrected chi connectivity index (χ2v) is 10.1. The summed E-state index contributed by atoms with van der Waals surface area (Å²) in [7, 11) is 1.17. The highest BCUT2D eigenvalue weighted by Gasteiger charge is 2.53. The molecular weight excluding hydrogens is 276 g/mol. The summed E-state index contributed by atoms with van der Waals surface area (Å²) < 4.78 is 12.2. The molecule has 1 atom stereocenters. The summed E-state index contributed by atoms with van der Waals surface area (Å²) in [6.07, 6.45) is 3.27. The van der Waals surface area contributed by atoms with Crippen LogP contribution in [0, 0.1) is 0 Å². The first kappa shape index (κ1) is 18.4. The first-order chi connectivity index (χ1) is 9.94. The van der Waals surface area contributed by atoms with Crippen LogP contribution < -0.4 is 5.19 Å². The van der Waals surface area contributed by atoms with E-state index in [1.54, 1.807) is 0 Å². The van der Waals surface area contributed by atoms with E-state index >= 15 is 0 Å². The Kier molecular flexibility index (Phi) is 6.63. The van der Waals surface area contributed by atoms with Crippen LogP contribution in [0.15, 0.2) is 24.3 Å². The monoisotopic (exact) mass is 308 g/mol. The van der Waals surface area contributed by atoms with Crippen LogP contribution in [0.1, 0.15) is 65.4 Å². The molecule has 0 saturated heterocycles. The Morgan fingerprint density at radius 2 is 1.67 bits per heavy atom. The number of hydrogen-bond acceptors (Lipinski definition) is 2. The zero-order chi connectivity index (χ0) is 16.1. The molecule has 0 aliphatic carbocycles. The second-order valence-electron chi connectivity index (χ2n) is 6.23. The SMILES string of the molecule is CCC(C)c1cccc([Si](OC)(OC)C(C)(CC)CC)c1. The topological polar surface area (TPSA) is 18.5 Å². The van der Waals surface area contributed by atoms with E-state index in [1.807, 2.05) is 14.2 Å². The number of hydrogen-bond donors (Lipinski definition) is 0. The van der Waals surface area contributed by atoms with Gasteiger partial charge in [-0.2, -0.15) is 0 Å². The fourth-order valence-corrected chi connectivity index (χ4v) is 7.09. The highest BCUT2D eigenvalue weighted by molar-refractivity contribution is 6.83. The lowest BCUT2D eigenvalue weighted by atomic mass is 9.99. The lowest BCUT2D eigenvalue weighted by molar-refractivity contribution is 0.216. The molecule has 21 heavy (non-hydrogen) atoms. The van der Waals surface area contributed by atoms with E-state index in [1.165, 1.54) is 10.8 Å². The Labute approximate surface area is 132 Å². The van der Waals surface area contributed by atoms with E-state index < -0.39 is 8.56 Å². The summed E-state index contributed by atoms with van der Waals surface area (Å²) in [6.45, 7) is 11.3. The predicted molar refractivity (Wildman–Crippen MR) is 93.5 cm³/mol. The smallest absolute Gasteiger partial charge is 0.378 e. The van der Waals surface area contributed by atoms with Gasteiger partial charge in [-0.25, -0.2) is 0 Å². The molecule has 1 aromatic carbocycles. The molecule has 2 nitrogen and oxygen atoms in total. The standard InChI is InChI=1S/C18H32O2Si/c1-8-15(4)16-12-11-13-17(14-16)21(19-6,20-7)18(5,9-2)10-3/h11-15H,8-10H2,1-7H3. The highest BCUT2D eigenvalue weighted by Crippen LogP contribution is 2.44. The molecule has 120 valence electrons. The van der Waals surface area contributed by atoms with Crippen molar-refractivity contribution >= 4 is 13.7 Å². The van der Waals surface area contributed by atoms with Crippen LogP contribution >= 0.6 is 0 Å². The molecule has 0 aliphatic heterocycles. The van der Waals surface area contributed by atoms with Gasteiger partial charge in [0, 0.05) is 19.3 Å². The molecule has 0 heterocycles. The average molecular weight is 309 g/mol. The van der Waals surface area contributed by atoms with Crippen LogP contribution in [-0.4, -0.2) is 22.8 Å². The molecule has 0 spiro atoms. The van der Waals surface area contributed by atoms with E-state index in [0.717, 1.165) is 19.3 Å². The summed E-state index contributed by atoms with van der Waals surface area (Å²) in [6, 6.07) is 8.88. The van der Waals surface area contributed by atoms with Crippen molar-refractivity contribution < 1.29 is 8.85 Å². The first-order valence-electron chi connectivity index (χ1n) is 8.15. The summed E-state index contributed by atoms with van der Waals surface area (Å²) >= 11 is 0. The lowest BCUT2D eigenvalue weighted by Gasteiger charge is -2.43. The molecule has 0 N–H and O–H groups in total. The van der Waals surface area contributed by atoms with Gasteiger partial charge in [0.1, 0.15) is 0 Å². The van der Waals surface area contributed by atoms with Crippen molar-refractivity contribution in [2.45, 2.75) is 64.8 Å². The molecule has 0 amide bonds. The van der Waals surface area contributed by atoms with Gasteiger partial charge in [-0.05, 0) is 35.9 Å². The van der Waals surface area contributed by atoms with Crippen LogP contribution in [0.2, 0.25) is 5.04 Å². The van der Waals surface area contributed by atoms with Crippen molar-refractivity contribution in [2.75, 3.05) is 14.2 Å². The Balaban J connectivity index is 3.41. The normalized spacial score (nSPS) is 14.2. The minimum Gasteiger partial charge on any atom is -0.394 e. The van der Waals surface area contributed by atoms with E-state index in [9.17, 15) is 0 Å². The van der Waals surface area contributed by atoms with Crippen LogP contribution in [0.4, 0.5) is 0 Å². The average Bonchev–Trinajstić information content (AvgIpc) is 2.55. The third kappa shape index (κ3) is 3.25. The molecule has 0 radical (unpaired) electrons. The van der Waals surface area contributed by atoms with Crippen LogP contribution in [0.5, 0.6) is 0 Å². The maximum absolute atomic E-state index is 6.11. The van der Waals surface area contributed by atoms with Crippen LogP contribution in [-0.2, 0) is 8.85 Å². The van der Waals surface area contributed by atoms with Crippen molar-refractivity contribution in [1.29, 1.82) is 0 Å². The van der Waals surface area contributed by atoms with E-state index in [0.29, 0.717) is 5.92 Å². The van der Waals surface area contributed by atoms with Gasteiger partial charge in [-0.3, -0.25) is 0 Å². The fourth-order valence-electron chi connectivity index (χ4n) is 3.16. The second kappa shape index (κ2) is 7.57. The van der Waals surface area contributed by atoms with Crippen molar-refractivity contribution in [3.8, 4) is 0 Å². The molecule has 0 aromatic heterocycles. The molecule has 0 aliphatic rings. The molecule has 0 saturated carbocycles. The van der Waals surface area contributed by atoms with Gasteiger partial charge in [0.05, 0.1) is 0 Å². The molecule has 1 unspecified atom stereocenters. The van der Waals surface area contributed by atoms with Crippen molar-refractivity contribution in [3.05, 3.63) is 29.8 Å². The summed E-state index contributed by atoms with van der Waals surface area (Å²) in [5, 5.41) is 1.33. The molecule has 3 heteroatoms. The first-order valence-corrected chi connectivity index (χ1v) is 9.97. The molecule has 0 bridgehead atoms. The Bertz CT molecular complexity index is 437. The van der Waals surface area contributed by atoms with Crippen molar-refractivity contribution in [3.63, 3.8) is 0 Å². The van der Waals surface area contributed by atoms with Gasteiger partial charge in [0.2, 0.25) is 0 Å². The maximum Gasteiger partial charge on any atom is 0.378 e. The van der Waals surface area contributed by atoms with Gasteiger partial charge in [-0.15, -0.1) is 0 Å². The fraction of sp³-hybridized carbons (Fsp3) is 0.667. The van der Waals surface area contributed by atoms with Gasteiger partial charge in [0.15, 0.2) is 0 Å². The Morgan fingerprint density at radius 1 is 1.10 bits per heavy atom. The zero-order valence-electron chi connectivity index (χ0n) is 14.8. The van der Waals surface area contributed by atoms with Crippen LogP contribution in [0.25, 0.3) is 0 Å². The van der Waals surface area contributed by atoms with Crippen LogP contribution in [0.3, 0.4) is 0 Å². The minimum atomic E-state index is -2.46. The number of benzene rings is 1. The molecular formula is C18H32O2Si. The summed E-state index contributed by atoms with van der Waals surface area (Å²) in [5.41, 5.74) is 1.38. The van der Waals surface area contributed by atoms with Gasteiger partial charge in [0.25, 0.3) is 0 Å². The largest absolute Gasteiger partial charge is 0.394 e. The predicted octanol–water partition coefficient (Wildman–Crippen LogP) is 4.72. The van der Waals surface area contributed by atoms with E-state index in [-0.39, 0.29) is 5.04 Å². The third-order valence-corrected chi connectivity index (χ3v) is 9.90. The summed E-state index contributed by atoms with van der Waals surface area (Å²) in [4.78, 5) is 0. The molecule has 1 rings (SSSR count). The maximum atomic E-state index is 6.11. The van der Waals surface area contributed by atoms with Gasteiger partial charge < -0.3 is 8.85 Å². The van der Waals surface area contributed by atoms with Crippen molar-refractivity contribution in [2.24, 2.45) is 0 Å². The number of rotatable bonds is 8. The zero-order valence-corrected chi connectivity index (χ0v) is 15.8. The lowest BCUT2D eigenvalue weighted by Crippen LogP contribution is -2.60. The van der Waals surface area contributed by atoms with E-state index in [2.05, 4.69) is 58.9 Å². The quantitative estimate of drug-likeness (QED) is 0.647. The molecule has 0 fully saturated rings. The van der Waals surface area contributed by atoms with Crippen molar-refractivity contribution in [1.82, 2.24) is 0 Å². The third-order valence-electron chi connectivity index (χ3n) is 5.38. The molecule has 1 aromatic rings. The van der Waals surface area contributed by atoms with E-state index in [4.69, 9.17) is 8.85 Å². The summed E-state index contributed by atoms with van der Waals surface area (Å²) in [5.74, 6) is 0.569. The van der Waals surface area contributed by atoms with Gasteiger partial charge in [-0.1, -0.05) is 58.9 Å².